The van der Waals surface area contributed by atoms with Gasteiger partial charge in [-0.25, -0.2) is 0 Å². The van der Waals surface area contributed by atoms with Gasteiger partial charge in [0.15, 0.2) is 0 Å². The van der Waals surface area contributed by atoms with E-state index >= 15 is 0 Å². The van der Waals surface area contributed by atoms with Crippen LogP contribution < -0.4 is 5.32 Å². The summed E-state index contributed by atoms with van der Waals surface area (Å²) < 4.78 is 0. The monoisotopic (exact) mass is 273 g/mol. The maximum atomic E-state index is 3.75. The van der Waals surface area contributed by atoms with Gasteiger partial charge in [0.25, 0.3) is 0 Å². The zero-order valence-corrected chi connectivity index (χ0v) is 13.5. The summed E-state index contributed by atoms with van der Waals surface area (Å²) in [5.41, 5.74) is 2.94. The summed E-state index contributed by atoms with van der Waals surface area (Å²) in [6.07, 6.45) is 7.99. The number of rotatable bonds is 7. The summed E-state index contributed by atoms with van der Waals surface area (Å²) >= 11 is 0. The van der Waals surface area contributed by atoms with Crippen molar-refractivity contribution in [1.82, 2.24) is 5.32 Å². The van der Waals surface area contributed by atoms with E-state index < -0.39 is 0 Å². The van der Waals surface area contributed by atoms with Crippen molar-refractivity contribution >= 4 is 0 Å². The van der Waals surface area contributed by atoms with E-state index in [9.17, 15) is 0 Å². The summed E-state index contributed by atoms with van der Waals surface area (Å²) in [5.74, 6) is 1.86. The molecule has 112 valence electrons. The van der Waals surface area contributed by atoms with E-state index in [-0.39, 0.29) is 0 Å². The zero-order chi connectivity index (χ0) is 14.4. The van der Waals surface area contributed by atoms with Crippen molar-refractivity contribution in [2.45, 2.75) is 65.3 Å². The van der Waals surface area contributed by atoms with Gasteiger partial charge in [-0.3, -0.25) is 0 Å². The van der Waals surface area contributed by atoms with Crippen LogP contribution in [0.5, 0.6) is 0 Å². The second-order valence-corrected chi connectivity index (χ2v) is 6.39. The van der Waals surface area contributed by atoms with Gasteiger partial charge in [-0.1, -0.05) is 57.9 Å². The van der Waals surface area contributed by atoms with E-state index in [0.717, 1.165) is 24.8 Å². The molecule has 0 saturated heterocycles. The van der Waals surface area contributed by atoms with Crippen LogP contribution in [-0.2, 0) is 12.8 Å². The van der Waals surface area contributed by atoms with Crippen molar-refractivity contribution in [3.05, 3.63) is 35.4 Å². The van der Waals surface area contributed by atoms with Crippen molar-refractivity contribution in [2.75, 3.05) is 6.54 Å². The van der Waals surface area contributed by atoms with E-state index in [1.54, 1.807) is 0 Å². The highest BCUT2D eigenvalue weighted by Gasteiger charge is 2.29. The van der Waals surface area contributed by atoms with Crippen molar-refractivity contribution in [3.8, 4) is 0 Å². The van der Waals surface area contributed by atoms with E-state index in [2.05, 4.69) is 50.4 Å². The van der Waals surface area contributed by atoms with Crippen LogP contribution in [0.3, 0.4) is 0 Å². The molecule has 1 saturated carbocycles. The number of likely N-dealkylation sites (N-methyl/N-ethyl adjacent to an activating group) is 1. The van der Waals surface area contributed by atoms with Crippen LogP contribution >= 0.6 is 0 Å². The molecule has 0 aromatic heterocycles. The molecule has 3 unspecified atom stereocenters. The van der Waals surface area contributed by atoms with Crippen molar-refractivity contribution in [1.29, 1.82) is 0 Å². The first-order valence-corrected chi connectivity index (χ1v) is 8.57. The molecule has 1 N–H and O–H groups in total. The molecule has 20 heavy (non-hydrogen) atoms. The minimum atomic E-state index is 0.670. The Morgan fingerprint density at radius 1 is 1.05 bits per heavy atom. The molecule has 1 heteroatoms. The Morgan fingerprint density at radius 3 is 2.30 bits per heavy atom. The maximum Gasteiger partial charge on any atom is 0.0136 e. The maximum absolute atomic E-state index is 3.75. The minimum Gasteiger partial charge on any atom is -0.314 e. The minimum absolute atomic E-state index is 0.670. The van der Waals surface area contributed by atoms with E-state index in [4.69, 9.17) is 0 Å². The predicted octanol–water partition coefficient (Wildman–Crippen LogP) is 4.60. The smallest absolute Gasteiger partial charge is 0.0136 e. The van der Waals surface area contributed by atoms with Gasteiger partial charge in [0.05, 0.1) is 0 Å². The van der Waals surface area contributed by atoms with Crippen LogP contribution in [0.1, 0.15) is 57.6 Å². The highest BCUT2D eigenvalue weighted by Crippen LogP contribution is 2.35. The molecular weight excluding hydrogens is 242 g/mol. The largest absolute Gasteiger partial charge is 0.314 e. The number of hydrogen-bond donors (Lipinski definition) is 1. The standard InChI is InChI=1S/C19H31N/c1-4-15-7-9-17(10-8-15)14-19(20-6-3)18-12-11-16(5-2)13-18/h7-10,16,18-20H,4-6,11-14H2,1-3H3. The summed E-state index contributed by atoms with van der Waals surface area (Å²) in [5, 5.41) is 3.75. The van der Waals surface area contributed by atoms with Gasteiger partial charge in [0.2, 0.25) is 0 Å². The van der Waals surface area contributed by atoms with Gasteiger partial charge in [0.1, 0.15) is 0 Å². The molecule has 0 spiro atoms. The lowest BCUT2D eigenvalue weighted by molar-refractivity contribution is 0.349. The number of nitrogens with one attached hydrogen (secondary N) is 1. The van der Waals surface area contributed by atoms with Crippen molar-refractivity contribution in [3.63, 3.8) is 0 Å². The fourth-order valence-corrected chi connectivity index (χ4v) is 3.68. The lowest BCUT2D eigenvalue weighted by atomic mass is 9.90. The van der Waals surface area contributed by atoms with Crippen LogP contribution in [0.4, 0.5) is 0 Å². The molecule has 3 atom stereocenters. The van der Waals surface area contributed by atoms with E-state index in [1.807, 2.05) is 0 Å². The van der Waals surface area contributed by atoms with Gasteiger partial charge in [-0.15, -0.1) is 0 Å². The molecule has 0 bridgehead atoms. The quantitative estimate of drug-likeness (QED) is 0.766. The first kappa shape index (κ1) is 15.6. The Labute approximate surface area is 125 Å². The molecule has 0 amide bonds. The molecule has 1 aliphatic rings. The predicted molar refractivity (Wildman–Crippen MR) is 88.1 cm³/mol. The third kappa shape index (κ3) is 4.09. The van der Waals surface area contributed by atoms with E-state index in [1.165, 1.54) is 43.2 Å². The number of benzene rings is 1. The Morgan fingerprint density at radius 2 is 1.75 bits per heavy atom. The molecule has 1 fully saturated rings. The average Bonchev–Trinajstić information content (AvgIpc) is 2.96. The Bertz CT molecular complexity index is 381. The third-order valence-corrected chi connectivity index (χ3v) is 5.08. The van der Waals surface area contributed by atoms with Crippen LogP contribution in [0.25, 0.3) is 0 Å². The third-order valence-electron chi connectivity index (χ3n) is 5.08. The molecule has 0 aliphatic heterocycles. The van der Waals surface area contributed by atoms with Gasteiger partial charge in [-0.05, 0) is 55.2 Å². The summed E-state index contributed by atoms with van der Waals surface area (Å²) in [6.45, 7) is 7.89. The molecule has 1 nitrogen and oxygen atoms in total. The molecule has 1 aliphatic carbocycles. The van der Waals surface area contributed by atoms with Crippen LogP contribution in [0, 0.1) is 11.8 Å². The van der Waals surface area contributed by atoms with Crippen molar-refractivity contribution in [2.24, 2.45) is 11.8 Å². The van der Waals surface area contributed by atoms with Gasteiger partial charge >= 0.3 is 0 Å². The van der Waals surface area contributed by atoms with Gasteiger partial charge in [-0.2, -0.15) is 0 Å². The fourth-order valence-electron chi connectivity index (χ4n) is 3.68. The lowest BCUT2D eigenvalue weighted by Gasteiger charge is -2.25. The van der Waals surface area contributed by atoms with Crippen LogP contribution in [0.2, 0.25) is 0 Å². The van der Waals surface area contributed by atoms with E-state index in [0.29, 0.717) is 6.04 Å². The topological polar surface area (TPSA) is 12.0 Å². The summed E-state index contributed by atoms with van der Waals surface area (Å²) in [7, 11) is 0. The molecular formula is C19H31N. The number of hydrogen-bond acceptors (Lipinski definition) is 1. The molecule has 0 heterocycles. The lowest BCUT2D eigenvalue weighted by Crippen LogP contribution is -2.37. The van der Waals surface area contributed by atoms with Crippen LogP contribution in [-0.4, -0.2) is 12.6 Å². The SMILES string of the molecule is CCNC(Cc1ccc(CC)cc1)C1CCC(CC)C1. The van der Waals surface area contributed by atoms with Crippen LogP contribution in [0.15, 0.2) is 24.3 Å². The second-order valence-electron chi connectivity index (χ2n) is 6.39. The van der Waals surface area contributed by atoms with Crippen molar-refractivity contribution < 1.29 is 0 Å². The highest BCUT2D eigenvalue weighted by molar-refractivity contribution is 5.23. The molecule has 2 rings (SSSR count). The molecule has 1 aromatic carbocycles. The van der Waals surface area contributed by atoms with Gasteiger partial charge in [0, 0.05) is 6.04 Å². The Balaban J connectivity index is 1.97. The first-order chi connectivity index (χ1) is 9.76. The summed E-state index contributed by atoms with van der Waals surface area (Å²) in [4.78, 5) is 0. The second kappa shape index (κ2) is 7.83. The zero-order valence-electron chi connectivity index (χ0n) is 13.5. The first-order valence-electron chi connectivity index (χ1n) is 8.57. The number of aryl methyl sites for hydroxylation is 1. The Hall–Kier alpha value is -0.820. The molecule has 0 radical (unpaired) electrons. The normalized spacial score (nSPS) is 23.9. The average molecular weight is 273 g/mol. The highest BCUT2D eigenvalue weighted by atomic mass is 14.9. The summed E-state index contributed by atoms with van der Waals surface area (Å²) in [6, 6.07) is 9.91. The Kier molecular flexibility index (Phi) is 6.09. The van der Waals surface area contributed by atoms with Gasteiger partial charge < -0.3 is 5.32 Å². The molecule has 1 aromatic rings. The fraction of sp³-hybridized carbons (Fsp3) is 0.684.